The minimum atomic E-state index is -3.11. The van der Waals surface area contributed by atoms with E-state index in [1.807, 2.05) is 0 Å². The number of nitrogens with zero attached hydrogens (tertiary/aromatic N) is 4. The fraction of sp³-hybridized carbons (Fsp3) is 0.650. The van der Waals surface area contributed by atoms with Gasteiger partial charge in [0.05, 0.1) is 23.8 Å². The number of fused-ring (bicyclic) bond motifs is 1. The lowest BCUT2D eigenvalue weighted by molar-refractivity contribution is -0.161. The molecule has 0 spiro atoms. The van der Waals surface area contributed by atoms with E-state index in [0.29, 0.717) is 17.7 Å². The number of imidazole rings is 1. The highest BCUT2D eigenvalue weighted by atomic mass is 32.5. The maximum atomic E-state index is 12.0. The molecule has 0 aliphatic rings. The molecule has 0 amide bonds. The van der Waals surface area contributed by atoms with E-state index >= 15 is 0 Å². The summed E-state index contributed by atoms with van der Waals surface area (Å²) < 4.78 is 28.9. The van der Waals surface area contributed by atoms with Gasteiger partial charge in [0.25, 0.3) is 0 Å². The average molecular weight is 518 g/mol. The predicted molar refractivity (Wildman–Crippen MR) is 128 cm³/mol. The summed E-state index contributed by atoms with van der Waals surface area (Å²) in [7, 11) is 0. The largest absolute Gasteiger partial charge is 0.438 e. The van der Waals surface area contributed by atoms with Gasteiger partial charge in [-0.25, -0.2) is 15.0 Å². The van der Waals surface area contributed by atoms with Gasteiger partial charge in [-0.05, 0) is 53.3 Å². The summed E-state index contributed by atoms with van der Waals surface area (Å²) in [5.41, 5.74) is 5.47. The molecule has 2 aromatic rings. The normalized spacial score (nSPS) is 12.6. The molecule has 0 fully saturated rings. The van der Waals surface area contributed by atoms with Crippen LogP contribution in [0.15, 0.2) is 12.7 Å². The average Bonchev–Trinajstić information content (AvgIpc) is 3.14. The summed E-state index contributed by atoms with van der Waals surface area (Å²) in [6, 6.07) is 0. The maximum absolute atomic E-state index is 12.0. The van der Waals surface area contributed by atoms with Crippen LogP contribution in [0.25, 0.3) is 11.2 Å². The van der Waals surface area contributed by atoms with E-state index in [4.69, 9.17) is 40.8 Å². The zero-order valence-electron chi connectivity index (χ0n) is 20.3. The van der Waals surface area contributed by atoms with Crippen molar-refractivity contribution in [3.8, 4) is 0 Å². The van der Waals surface area contributed by atoms with Gasteiger partial charge in [0.15, 0.2) is 25.1 Å². The zero-order valence-corrected chi connectivity index (χ0v) is 22.0. The lowest BCUT2D eigenvalue weighted by Crippen LogP contribution is -2.25. The van der Waals surface area contributed by atoms with Crippen LogP contribution < -0.4 is 5.73 Å². The lowest BCUT2D eigenvalue weighted by Gasteiger charge is -2.24. The molecule has 0 saturated heterocycles. The van der Waals surface area contributed by atoms with Crippen LogP contribution in [0.5, 0.6) is 0 Å². The highest BCUT2D eigenvalue weighted by molar-refractivity contribution is 8.09. The molecule has 2 rings (SSSR count). The van der Waals surface area contributed by atoms with E-state index in [1.165, 1.54) is 6.33 Å². The monoisotopic (exact) mass is 517 g/mol. The molecule has 0 saturated carbocycles. The van der Waals surface area contributed by atoms with Crippen LogP contribution in [0, 0.1) is 10.8 Å². The molecule has 2 aromatic heterocycles. The topological polar surface area (TPSA) is 150 Å². The Labute approximate surface area is 203 Å². The first-order chi connectivity index (χ1) is 15.7. The van der Waals surface area contributed by atoms with Crippen molar-refractivity contribution in [3.05, 3.63) is 12.7 Å². The fourth-order valence-corrected chi connectivity index (χ4v) is 3.75. The van der Waals surface area contributed by atoms with Gasteiger partial charge >= 0.3 is 11.9 Å². The number of carbonyl (C=O) groups is 2. The Morgan fingerprint density at radius 1 is 1.00 bits per heavy atom. The van der Waals surface area contributed by atoms with Crippen molar-refractivity contribution in [2.75, 3.05) is 32.3 Å². The molecule has 0 aliphatic carbocycles. The second kappa shape index (κ2) is 11.5. The van der Waals surface area contributed by atoms with Gasteiger partial charge in [0, 0.05) is 6.54 Å². The Morgan fingerprint density at radius 2 is 1.56 bits per heavy atom. The summed E-state index contributed by atoms with van der Waals surface area (Å²) in [4.78, 5) is 36.3. The van der Waals surface area contributed by atoms with E-state index in [0.717, 1.165) is 0 Å². The second-order valence-electron chi connectivity index (χ2n) is 9.37. The highest BCUT2D eigenvalue weighted by Crippen LogP contribution is 2.48. The minimum Gasteiger partial charge on any atom is -0.438 e. The van der Waals surface area contributed by atoms with E-state index < -0.39 is 42.8 Å². The summed E-state index contributed by atoms with van der Waals surface area (Å²) in [5, 5.41) is 0. The highest BCUT2D eigenvalue weighted by Gasteiger charge is 2.27. The first-order valence-electron chi connectivity index (χ1n) is 10.4. The number of hydrogen-bond donors (Lipinski definition) is 1. The minimum absolute atomic E-state index is 0.105. The van der Waals surface area contributed by atoms with Crippen LogP contribution >= 0.6 is 6.49 Å². The summed E-state index contributed by atoms with van der Waals surface area (Å²) in [5.74, 6) is -0.624. The molecule has 0 atom stereocenters. The Morgan fingerprint density at radius 3 is 2.09 bits per heavy atom. The summed E-state index contributed by atoms with van der Waals surface area (Å²) >= 11 is 5.50. The SMILES string of the molecule is CC(C)(C)C(=O)OCOP(=S)(COCCn1cnc2c(N)ncnc21)OCOC(=O)C(C)(C)C. The predicted octanol–water partition coefficient (Wildman–Crippen LogP) is 2.82. The van der Waals surface area contributed by atoms with Crippen LogP contribution in [0.1, 0.15) is 41.5 Å². The molecule has 0 aliphatic heterocycles. The van der Waals surface area contributed by atoms with E-state index in [2.05, 4.69) is 15.0 Å². The second-order valence-corrected chi connectivity index (χ2v) is 13.0. The van der Waals surface area contributed by atoms with Gasteiger partial charge in [-0.2, -0.15) is 0 Å². The molecule has 2 heterocycles. The van der Waals surface area contributed by atoms with E-state index in [1.54, 1.807) is 52.4 Å². The number of hydrogen-bond acceptors (Lipinski definition) is 12. The molecule has 190 valence electrons. The number of esters is 2. The Hall–Kier alpha value is -2.18. The van der Waals surface area contributed by atoms with Gasteiger partial charge in [-0.15, -0.1) is 0 Å². The maximum Gasteiger partial charge on any atom is 0.313 e. The fourth-order valence-electron chi connectivity index (χ4n) is 2.27. The zero-order chi connectivity index (χ0) is 25.6. The van der Waals surface area contributed by atoms with Crippen molar-refractivity contribution in [3.63, 3.8) is 0 Å². The Balaban J connectivity index is 1.94. The number of nitrogen functional groups attached to an aromatic ring is 1. The van der Waals surface area contributed by atoms with Gasteiger partial charge < -0.3 is 24.5 Å². The van der Waals surface area contributed by atoms with E-state index in [9.17, 15) is 9.59 Å². The van der Waals surface area contributed by atoms with Crippen LogP contribution in [0.2, 0.25) is 0 Å². The smallest absolute Gasteiger partial charge is 0.313 e. The third-order valence-corrected chi connectivity index (χ3v) is 6.70. The van der Waals surface area contributed by atoms with Crippen molar-refractivity contribution in [1.29, 1.82) is 0 Å². The third kappa shape index (κ3) is 8.24. The molecule has 0 aromatic carbocycles. The number of aromatic nitrogens is 4. The van der Waals surface area contributed by atoms with Crippen LogP contribution in [0.4, 0.5) is 5.82 Å². The standard InChI is InChI=1S/C20H32N5O7PS/c1-19(2,3)17(26)29-11-31-33(34,32-12-30-18(27)20(4,5)6)13-28-8-7-25-10-24-14-15(21)22-9-23-16(14)25/h9-10H,7-8,11-13H2,1-6H3,(H2,21,22,23). The molecule has 2 N–H and O–H groups in total. The van der Waals surface area contributed by atoms with Crippen LogP contribution in [-0.4, -0.2) is 58.0 Å². The first-order valence-corrected chi connectivity index (χ1v) is 13.3. The van der Waals surface area contributed by atoms with Gasteiger partial charge in [-0.1, -0.05) is 0 Å². The molecule has 0 radical (unpaired) electrons. The lowest BCUT2D eigenvalue weighted by atomic mass is 9.98. The van der Waals surface area contributed by atoms with Crippen molar-refractivity contribution >= 4 is 47.2 Å². The van der Waals surface area contributed by atoms with Crippen LogP contribution in [-0.2, 0) is 51.2 Å². The Bertz CT molecular complexity index is 1010. The number of anilines is 1. The van der Waals surface area contributed by atoms with Crippen molar-refractivity contribution in [1.82, 2.24) is 19.5 Å². The van der Waals surface area contributed by atoms with Crippen molar-refractivity contribution in [2.45, 2.75) is 48.1 Å². The first kappa shape index (κ1) is 28.1. The van der Waals surface area contributed by atoms with E-state index in [-0.39, 0.29) is 18.8 Å². The molecule has 34 heavy (non-hydrogen) atoms. The van der Waals surface area contributed by atoms with Gasteiger partial charge in [0.1, 0.15) is 18.2 Å². The van der Waals surface area contributed by atoms with Gasteiger partial charge in [0.2, 0.25) is 6.49 Å². The summed E-state index contributed by atoms with van der Waals surface area (Å²) in [6.45, 7) is 7.00. The quantitative estimate of drug-likeness (QED) is 0.202. The molecule has 12 nitrogen and oxygen atoms in total. The van der Waals surface area contributed by atoms with Crippen molar-refractivity contribution in [2.24, 2.45) is 10.8 Å². The molecule has 14 heteroatoms. The van der Waals surface area contributed by atoms with Crippen molar-refractivity contribution < 1.29 is 32.8 Å². The molecule has 0 unspecified atom stereocenters. The number of carbonyl (C=O) groups excluding carboxylic acids is 2. The summed E-state index contributed by atoms with van der Waals surface area (Å²) in [6.07, 6.45) is 2.84. The Kier molecular flexibility index (Phi) is 9.49. The van der Waals surface area contributed by atoms with Crippen LogP contribution in [0.3, 0.4) is 0 Å². The number of nitrogens with two attached hydrogens (primary N) is 1. The molecular formula is C20H32N5O7PS. The van der Waals surface area contributed by atoms with Gasteiger partial charge in [-0.3, -0.25) is 18.6 Å². The number of ether oxygens (including phenoxy) is 3. The molecular weight excluding hydrogens is 485 g/mol. The third-order valence-electron chi connectivity index (χ3n) is 4.26. The molecule has 0 bridgehead atoms. The number of rotatable bonds is 11.